The average Bonchev–Trinajstić information content (AvgIpc) is 3.73. The molecule has 2 saturated heterocycles. The van der Waals surface area contributed by atoms with Crippen LogP contribution in [-0.2, 0) is 32.2 Å². The number of rotatable bonds is 10. The predicted octanol–water partition coefficient (Wildman–Crippen LogP) is -0.162. The smallest absolute Gasteiger partial charge is 0.386 e. The van der Waals surface area contributed by atoms with Gasteiger partial charge >= 0.3 is 6.80 Å². The summed E-state index contributed by atoms with van der Waals surface area (Å²) < 4.78 is 85.2. The van der Waals surface area contributed by atoms with Crippen molar-refractivity contribution in [1.29, 1.82) is 0 Å². The highest BCUT2D eigenvalue weighted by Gasteiger charge is 2.52. The lowest BCUT2D eigenvalue weighted by Crippen LogP contribution is -2.33. The van der Waals surface area contributed by atoms with Crippen molar-refractivity contribution in [3.05, 3.63) is 33.4 Å². The molecule has 0 saturated carbocycles. The van der Waals surface area contributed by atoms with Gasteiger partial charge in [0.25, 0.3) is 11.1 Å². The van der Waals surface area contributed by atoms with E-state index < -0.39 is 87.6 Å². The minimum absolute atomic E-state index is 0.0352. The molecule has 0 bridgehead atoms. The summed E-state index contributed by atoms with van der Waals surface area (Å²) in [6.07, 6.45) is -11.5. The molecule has 20 nitrogen and oxygen atoms in total. The van der Waals surface area contributed by atoms with Crippen LogP contribution in [0.25, 0.3) is 22.3 Å². The molecule has 0 aliphatic carbocycles. The summed E-state index contributed by atoms with van der Waals surface area (Å²) in [6.45, 7) is -6.19. The third kappa shape index (κ3) is 6.06. The van der Waals surface area contributed by atoms with Crippen molar-refractivity contribution < 1.29 is 46.1 Å². The zero-order valence-corrected chi connectivity index (χ0v) is 25.8. The highest BCUT2D eigenvalue weighted by molar-refractivity contribution is 8.44. The maximum atomic E-state index is 15.6. The van der Waals surface area contributed by atoms with Gasteiger partial charge in [0.2, 0.25) is 13.2 Å². The van der Waals surface area contributed by atoms with Crippen LogP contribution in [0.2, 0.25) is 0 Å². The number of fused-ring (bicyclic) bond motifs is 2. The number of nitrogens with zero attached hydrogens (tertiary/aromatic N) is 7. The Hall–Kier alpha value is -2.79. The lowest BCUT2D eigenvalue weighted by Gasteiger charge is -2.24. The Balaban J connectivity index is 1.23. The first-order valence-corrected chi connectivity index (χ1v) is 17.9. The minimum Gasteiger partial charge on any atom is -0.394 e. The van der Waals surface area contributed by atoms with Crippen molar-refractivity contribution in [2.45, 2.75) is 49.2 Å². The molecule has 0 radical (unpaired) electrons. The number of aromatic nitrogens is 9. The van der Waals surface area contributed by atoms with Crippen LogP contribution in [0.3, 0.4) is 0 Å². The van der Waals surface area contributed by atoms with Crippen LogP contribution in [-0.4, -0.2) is 99.6 Å². The number of anilines is 1. The molecule has 45 heavy (non-hydrogen) atoms. The van der Waals surface area contributed by atoms with Gasteiger partial charge in [-0.1, -0.05) is 29.7 Å². The third-order valence-electron chi connectivity index (χ3n) is 6.84. The largest absolute Gasteiger partial charge is 0.394 e. The second-order valence-electron chi connectivity index (χ2n) is 9.60. The Labute approximate surface area is 258 Å². The van der Waals surface area contributed by atoms with E-state index in [9.17, 15) is 23.8 Å². The van der Waals surface area contributed by atoms with Crippen molar-refractivity contribution in [2.75, 3.05) is 18.9 Å². The molecule has 0 amide bonds. The molecule has 6 heterocycles. The molecular formula is C19H22F2N10O10P2S2. The molecule has 244 valence electrons. The SMILES string of the molecule is Nc1nc2c(nnn2[C@@H]2O[C@H](CO)[C@@H](F)[C@H]2OP(=O)(S)OC[C@H]2O[C@@H](n3cnc4c(=O)[nH]cnc43)[C@@H](F)[C@@H]2O[PH](=O)S)c(=O)[nH]1. The van der Waals surface area contributed by atoms with Crippen molar-refractivity contribution in [2.24, 2.45) is 0 Å². The number of ether oxygens (including phenoxy) is 2. The summed E-state index contributed by atoms with van der Waals surface area (Å²) in [4.78, 5) is 40.6. The summed E-state index contributed by atoms with van der Waals surface area (Å²) in [5.74, 6) is -0.321. The predicted molar refractivity (Wildman–Crippen MR) is 153 cm³/mol. The van der Waals surface area contributed by atoms with E-state index in [4.69, 9.17) is 28.8 Å². The van der Waals surface area contributed by atoms with Crippen LogP contribution < -0.4 is 16.9 Å². The number of nitrogens with two attached hydrogens (primary N) is 1. The Morgan fingerprint density at radius 2 is 1.87 bits per heavy atom. The number of hydrogen-bond acceptors (Lipinski definition) is 16. The van der Waals surface area contributed by atoms with Crippen molar-refractivity contribution >= 4 is 66.8 Å². The minimum atomic E-state index is -4.60. The van der Waals surface area contributed by atoms with Gasteiger partial charge in [0.15, 0.2) is 47.1 Å². The van der Waals surface area contributed by atoms with Gasteiger partial charge in [-0.25, -0.2) is 23.3 Å². The molecule has 2 aliphatic heterocycles. The third-order valence-corrected chi connectivity index (χ3v) is 9.24. The fraction of sp³-hybridized carbons (Fsp3) is 0.526. The Morgan fingerprint density at radius 3 is 2.60 bits per heavy atom. The molecule has 0 spiro atoms. The van der Waals surface area contributed by atoms with Crippen LogP contribution in [0.5, 0.6) is 0 Å². The number of halogens is 2. The van der Waals surface area contributed by atoms with E-state index in [2.05, 4.69) is 59.7 Å². The topological polar surface area (TPSA) is 267 Å². The fourth-order valence-electron chi connectivity index (χ4n) is 4.89. The van der Waals surface area contributed by atoms with Gasteiger partial charge in [-0.2, -0.15) is 9.67 Å². The molecule has 2 unspecified atom stereocenters. The number of thiol groups is 2. The molecule has 0 aromatic carbocycles. The number of nitrogens with one attached hydrogen (secondary N) is 2. The molecule has 10 atom stereocenters. The molecule has 2 fully saturated rings. The average molecular weight is 715 g/mol. The number of aromatic amines is 2. The zero-order chi connectivity index (χ0) is 32.2. The number of nitrogen functional groups attached to an aromatic ring is 1. The first kappa shape index (κ1) is 32.2. The van der Waals surface area contributed by atoms with E-state index in [1.54, 1.807) is 0 Å². The summed E-state index contributed by atoms with van der Waals surface area (Å²) in [6, 6.07) is 0. The number of H-pyrrole nitrogens is 2. The molecule has 4 aromatic heterocycles. The van der Waals surface area contributed by atoms with E-state index in [1.165, 1.54) is 0 Å². The summed E-state index contributed by atoms with van der Waals surface area (Å²) in [5, 5.41) is 17.1. The van der Waals surface area contributed by atoms with E-state index in [-0.39, 0.29) is 28.3 Å². The second kappa shape index (κ2) is 12.4. The highest BCUT2D eigenvalue weighted by atomic mass is 32.7. The van der Waals surface area contributed by atoms with Gasteiger partial charge in [0.1, 0.15) is 24.4 Å². The van der Waals surface area contributed by atoms with Gasteiger partial charge in [-0.3, -0.25) is 32.8 Å². The molecular weight excluding hydrogens is 692 g/mol. The molecule has 2 aliphatic rings. The molecule has 4 aromatic rings. The quantitative estimate of drug-likeness (QED) is 0.0920. The van der Waals surface area contributed by atoms with Crippen molar-refractivity contribution in [3.63, 3.8) is 0 Å². The van der Waals surface area contributed by atoms with Gasteiger partial charge in [0, 0.05) is 0 Å². The second-order valence-corrected chi connectivity index (χ2v) is 14.3. The summed E-state index contributed by atoms with van der Waals surface area (Å²) >= 11 is 7.61. The molecule has 6 rings (SSSR count). The van der Waals surface area contributed by atoms with Gasteiger partial charge in [0.05, 0.1) is 25.9 Å². The Bertz CT molecular complexity index is 1930. The van der Waals surface area contributed by atoms with Crippen LogP contribution >= 0.6 is 38.5 Å². The summed E-state index contributed by atoms with van der Waals surface area (Å²) in [7, 11) is -3.06. The number of alkyl halides is 2. The monoisotopic (exact) mass is 714 g/mol. The number of aliphatic hydroxyl groups excluding tert-OH is 1. The van der Waals surface area contributed by atoms with Crippen molar-refractivity contribution in [3.8, 4) is 0 Å². The first-order chi connectivity index (χ1) is 21.4. The Morgan fingerprint density at radius 1 is 1.11 bits per heavy atom. The molecule has 26 heteroatoms. The van der Waals surface area contributed by atoms with E-state index in [0.717, 1.165) is 21.9 Å². The number of hydrogen-bond donors (Lipinski definition) is 6. The normalized spacial score (nSPS) is 30.7. The van der Waals surface area contributed by atoms with Gasteiger partial charge < -0.3 is 29.8 Å². The van der Waals surface area contributed by atoms with Gasteiger partial charge in [-0.05, 0) is 0 Å². The highest BCUT2D eigenvalue weighted by Crippen LogP contribution is 2.57. The summed E-state index contributed by atoms with van der Waals surface area (Å²) in [5.41, 5.74) is 3.58. The van der Waals surface area contributed by atoms with Gasteiger partial charge in [-0.15, -0.1) is 5.10 Å². The van der Waals surface area contributed by atoms with E-state index >= 15 is 8.78 Å². The lowest BCUT2D eigenvalue weighted by atomic mass is 10.1. The van der Waals surface area contributed by atoms with Crippen LogP contribution in [0.4, 0.5) is 14.7 Å². The Kier molecular flexibility index (Phi) is 8.89. The van der Waals surface area contributed by atoms with E-state index in [0.29, 0.717) is 0 Å². The lowest BCUT2D eigenvalue weighted by molar-refractivity contribution is -0.0569. The van der Waals surface area contributed by atoms with Crippen LogP contribution in [0.1, 0.15) is 12.5 Å². The van der Waals surface area contributed by atoms with Crippen molar-refractivity contribution in [1.82, 2.24) is 44.5 Å². The fourth-order valence-corrected chi connectivity index (χ4v) is 7.22. The zero-order valence-electron chi connectivity index (χ0n) is 22.1. The maximum Gasteiger partial charge on any atom is 0.386 e. The van der Waals surface area contributed by atoms with E-state index in [1.807, 2.05) is 0 Å². The maximum absolute atomic E-state index is 15.6. The van der Waals surface area contributed by atoms with Crippen LogP contribution in [0, 0.1) is 0 Å². The van der Waals surface area contributed by atoms with Crippen LogP contribution in [0.15, 0.2) is 22.2 Å². The molecule has 5 N–H and O–H groups in total. The first-order valence-electron chi connectivity index (χ1n) is 12.6. The number of aliphatic hydroxyl groups is 1. The number of imidazole rings is 1. The standard InChI is InChI=1S/C19H22F2N10O10P2S2/c20-7-5(1-32)38-18(31-14-10(28-29-31)16(34)27-19(22)26-14)12(7)41-43(36,45)37-2-6-11(40-42(35)44)8(21)17(39-6)30-4-25-9-13(30)23-3-24-15(9)33/h3-8,11-12,17-18,32,42H,1-2H2,(H,35,44)(H,36,45)(H,23,24,33)(H3,22,26,27,34)/t5-,6-,7-,8+,11-,12-,17-,18-,43?/m1/s1.